The first-order valence-corrected chi connectivity index (χ1v) is 10.3. The molecule has 1 aliphatic rings. The van der Waals surface area contributed by atoms with Gasteiger partial charge in [-0.3, -0.25) is 0 Å². The Morgan fingerprint density at radius 3 is 2.14 bits per heavy atom. The Morgan fingerprint density at radius 2 is 1.50 bits per heavy atom. The third-order valence-electron chi connectivity index (χ3n) is 3.89. The molecule has 7 heteroatoms. The van der Waals surface area contributed by atoms with Crippen LogP contribution in [0, 0.1) is 3.57 Å². The van der Waals surface area contributed by atoms with Crippen molar-refractivity contribution in [3.05, 3.63) is 98.9 Å². The summed E-state index contributed by atoms with van der Waals surface area (Å²) in [5.41, 5.74) is 10.3. The molecule has 0 radical (unpaired) electrons. The zero-order valence-corrected chi connectivity index (χ0v) is 18.6. The van der Waals surface area contributed by atoms with Crippen LogP contribution in [0.4, 0.5) is 5.82 Å². The summed E-state index contributed by atoms with van der Waals surface area (Å²) in [6, 6.07) is 18.6. The fourth-order valence-electron chi connectivity index (χ4n) is 2.58. The van der Waals surface area contributed by atoms with Crippen LogP contribution in [0.25, 0.3) is 11.1 Å². The standard InChI is InChI=1S/C11H8N2.C6H5I.C4H4BrN3/c1-2-4-9-8(3-1)5-11-10(9)6-12-7-13-11;7-6-4-2-1-3-5-6;5-3-1-7-2-8-4(3)6/h1-4,6-7H,5H2;1-5H;1-2H,(H2,6,7,8). The van der Waals surface area contributed by atoms with Gasteiger partial charge < -0.3 is 5.73 Å². The lowest BCUT2D eigenvalue weighted by molar-refractivity contribution is 1.07. The van der Waals surface area contributed by atoms with Gasteiger partial charge in [-0.05, 0) is 61.8 Å². The highest BCUT2D eigenvalue weighted by Crippen LogP contribution is 2.33. The van der Waals surface area contributed by atoms with Crippen molar-refractivity contribution in [3.63, 3.8) is 0 Å². The van der Waals surface area contributed by atoms with Crippen molar-refractivity contribution in [1.29, 1.82) is 0 Å². The van der Waals surface area contributed by atoms with Gasteiger partial charge in [0, 0.05) is 27.9 Å². The van der Waals surface area contributed by atoms with Crippen LogP contribution in [0.5, 0.6) is 0 Å². The van der Waals surface area contributed by atoms with Crippen LogP contribution in [0.3, 0.4) is 0 Å². The maximum Gasteiger partial charge on any atom is 0.141 e. The summed E-state index contributed by atoms with van der Waals surface area (Å²) < 4.78 is 2.03. The fourth-order valence-corrected chi connectivity index (χ4v) is 3.21. The molecule has 2 heterocycles. The van der Waals surface area contributed by atoms with E-state index in [9.17, 15) is 0 Å². The maximum atomic E-state index is 5.32. The van der Waals surface area contributed by atoms with Gasteiger partial charge in [-0.25, -0.2) is 19.9 Å². The van der Waals surface area contributed by atoms with Crippen molar-refractivity contribution in [2.75, 3.05) is 5.73 Å². The number of benzene rings is 2. The SMILES string of the molecule is Ic1ccccc1.Nc1ncncc1Br.c1ccc2c(c1)Cc1ncncc1-2. The lowest BCUT2D eigenvalue weighted by Crippen LogP contribution is -1.90. The summed E-state index contributed by atoms with van der Waals surface area (Å²) in [5.74, 6) is 0.472. The van der Waals surface area contributed by atoms with E-state index in [2.05, 4.69) is 94.9 Å². The minimum Gasteiger partial charge on any atom is -0.383 e. The molecular weight excluding hydrogens is 529 g/mol. The van der Waals surface area contributed by atoms with Gasteiger partial charge in [0.2, 0.25) is 0 Å². The van der Waals surface area contributed by atoms with E-state index in [4.69, 9.17) is 5.73 Å². The molecule has 0 amide bonds. The molecule has 5 rings (SSSR count). The molecule has 28 heavy (non-hydrogen) atoms. The number of nitrogens with two attached hydrogens (primary N) is 1. The van der Waals surface area contributed by atoms with Crippen LogP contribution in [-0.2, 0) is 6.42 Å². The molecule has 0 spiro atoms. The number of rotatable bonds is 0. The van der Waals surface area contributed by atoms with Crippen molar-refractivity contribution < 1.29 is 0 Å². The number of halogens is 2. The Kier molecular flexibility index (Phi) is 7.44. The number of nitrogens with zero attached hydrogens (tertiary/aromatic N) is 4. The van der Waals surface area contributed by atoms with Crippen LogP contribution in [0.2, 0.25) is 0 Å². The van der Waals surface area contributed by atoms with Gasteiger partial charge in [0.25, 0.3) is 0 Å². The fraction of sp³-hybridized carbons (Fsp3) is 0.0476. The Hall–Kier alpha value is -2.39. The minimum atomic E-state index is 0.472. The molecule has 0 saturated carbocycles. The molecule has 2 aromatic carbocycles. The quantitative estimate of drug-likeness (QED) is 0.272. The molecule has 0 saturated heterocycles. The lowest BCUT2D eigenvalue weighted by atomic mass is 10.1. The lowest BCUT2D eigenvalue weighted by Gasteiger charge is -1.96. The van der Waals surface area contributed by atoms with Crippen molar-refractivity contribution in [2.45, 2.75) is 6.42 Å². The highest BCUT2D eigenvalue weighted by atomic mass is 127. The number of hydrogen-bond donors (Lipinski definition) is 1. The predicted octanol–water partition coefficient (Wildman–Crippen LogP) is 5.16. The van der Waals surface area contributed by atoms with E-state index in [0.717, 1.165) is 16.6 Å². The number of fused-ring (bicyclic) bond motifs is 3. The number of hydrogen-bond acceptors (Lipinski definition) is 5. The van der Waals surface area contributed by atoms with Gasteiger partial charge in [-0.2, -0.15) is 0 Å². The molecule has 0 bridgehead atoms. The van der Waals surface area contributed by atoms with E-state index in [1.165, 1.54) is 26.6 Å². The molecular formula is C21H17BrIN5. The van der Waals surface area contributed by atoms with E-state index in [-0.39, 0.29) is 0 Å². The van der Waals surface area contributed by atoms with Crippen molar-refractivity contribution in [3.8, 4) is 11.1 Å². The van der Waals surface area contributed by atoms with E-state index >= 15 is 0 Å². The molecule has 140 valence electrons. The van der Waals surface area contributed by atoms with Crippen LogP contribution in [-0.4, -0.2) is 19.9 Å². The van der Waals surface area contributed by atoms with Gasteiger partial charge in [-0.1, -0.05) is 42.5 Å². The number of nitrogen functional groups attached to an aromatic ring is 1. The minimum absolute atomic E-state index is 0.472. The van der Waals surface area contributed by atoms with Crippen molar-refractivity contribution in [1.82, 2.24) is 19.9 Å². The predicted molar refractivity (Wildman–Crippen MR) is 124 cm³/mol. The van der Waals surface area contributed by atoms with Gasteiger partial charge in [0.1, 0.15) is 18.5 Å². The van der Waals surface area contributed by atoms with Crippen LogP contribution in [0.15, 0.2) is 84.1 Å². The first-order valence-electron chi connectivity index (χ1n) is 8.44. The summed E-state index contributed by atoms with van der Waals surface area (Å²) in [4.78, 5) is 15.7. The Bertz CT molecular complexity index is 979. The molecule has 1 aliphatic carbocycles. The molecule has 2 aromatic heterocycles. The van der Waals surface area contributed by atoms with E-state index < -0.39 is 0 Å². The molecule has 0 unspecified atom stereocenters. The molecule has 4 aromatic rings. The number of anilines is 1. The third kappa shape index (κ3) is 5.56. The van der Waals surface area contributed by atoms with Gasteiger partial charge in [0.15, 0.2) is 0 Å². The average molecular weight is 546 g/mol. The first-order chi connectivity index (χ1) is 13.6. The summed E-state index contributed by atoms with van der Waals surface area (Å²) in [6.07, 6.45) is 7.47. The molecule has 0 aliphatic heterocycles. The highest BCUT2D eigenvalue weighted by Gasteiger charge is 2.18. The summed E-state index contributed by atoms with van der Waals surface area (Å²) >= 11 is 5.42. The molecule has 2 N–H and O–H groups in total. The zero-order valence-electron chi connectivity index (χ0n) is 14.8. The van der Waals surface area contributed by atoms with Crippen LogP contribution in [0.1, 0.15) is 11.3 Å². The second kappa shape index (κ2) is 10.2. The number of aromatic nitrogens is 4. The summed E-state index contributed by atoms with van der Waals surface area (Å²) in [7, 11) is 0. The Morgan fingerprint density at radius 1 is 0.821 bits per heavy atom. The van der Waals surface area contributed by atoms with Crippen molar-refractivity contribution in [2.24, 2.45) is 0 Å². The topological polar surface area (TPSA) is 77.6 Å². The Balaban J connectivity index is 0.000000130. The summed E-state index contributed by atoms with van der Waals surface area (Å²) in [5, 5.41) is 0. The smallest absolute Gasteiger partial charge is 0.141 e. The van der Waals surface area contributed by atoms with Gasteiger partial charge >= 0.3 is 0 Å². The average Bonchev–Trinajstić information content (AvgIpc) is 3.11. The third-order valence-corrected chi connectivity index (χ3v) is 5.22. The second-order valence-corrected chi connectivity index (χ2v) is 7.87. The first kappa shape index (κ1) is 20.3. The van der Waals surface area contributed by atoms with E-state index in [1.54, 1.807) is 12.5 Å². The second-order valence-electron chi connectivity index (χ2n) is 5.77. The van der Waals surface area contributed by atoms with E-state index in [1.807, 2.05) is 24.4 Å². The molecule has 0 atom stereocenters. The van der Waals surface area contributed by atoms with Crippen LogP contribution < -0.4 is 5.73 Å². The molecule has 0 fully saturated rings. The van der Waals surface area contributed by atoms with Crippen molar-refractivity contribution >= 4 is 44.3 Å². The molecule has 5 nitrogen and oxygen atoms in total. The normalized spacial score (nSPS) is 10.5. The Labute approximate surface area is 185 Å². The zero-order chi connectivity index (χ0) is 19.8. The largest absolute Gasteiger partial charge is 0.383 e. The van der Waals surface area contributed by atoms with Crippen LogP contribution >= 0.6 is 38.5 Å². The monoisotopic (exact) mass is 545 g/mol. The van der Waals surface area contributed by atoms with Gasteiger partial charge in [-0.15, -0.1) is 0 Å². The van der Waals surface area contributed by atoms with Gasteiger partial charge in [0.05, 0.1) is 10.2 Å². The highest BCUT2D eigenvalue weighted by molar-refractivity contribution is 14.1. The van der Waals surface area contributed by atoms with E-state index in [0.29, 0.717) is 5.82 Å². The summed E-state index contributed by atoms with van der Waals surface area (Å²) in [6.45, 7) is 0. The maximum absolute atomic E-state index is 5.32.